The third kappa shape index (κ3) is 4.38. The van der Waals surface area contributed by atoms with Crippen molar-refractivity contribution in [3.8, 4) is 11.4 Å². The number of fused-ring (bicyclic) bond motifs is 1. The molecule has 4 rings (SSSR count). The number of carbonyl (C=O) groups excluding carboxylic acids is 1. The normalized spacial score (nSPS) is 10.9. The summed E-state index contributed by atoms with van der Waals surface area (Å²) in [7, 11) is 0. The lowest BCUT2D eigenvalue weighted by atomic mass is 10.1. The fourth-order valence-electron chi connectivity index (χ4n) is 2.97. The second-order valence-corrected chi connectivity index (χ2v) is 6.95. The van der Waals surface area contributed by atoms with Crippen LogP contribution in [0.5, 0.6) is 0 Å². The summed E-state index contributed by atoms with van der Waals surface area (Å²) in [5, 5.41) is 3.41. The second-order valence-electron chi connectivity index (χ2n) is 6.57. The minimum absolute atomic E-state index is 0.0105. The third-order valence-electron chi connectivity index (χ3n) is 4.54. The van der Waals surface area contributed by atoms with Gasteiger partial charge in [-0.15, -0.1) is 0 Å². The van der Waals surface area contributed by atoms with E-state index < -0.39 is 0 Å². The number of nitrogens with zero attached hydrogens (tertiary/aromatic N) is 2. The topological polar surface area (TPSA) is 70.7 Å². The number of rotatable bonds is 6. The summed E-state index contributed by atoms with van der Waals surface area (Å²) < 4.78 is 0. The van der Waals surface area contributed by atoms with E-state index in [0.717, 1.165) is 33.5 Å². The van der Waals surface area contributed by atoms with Crippen molar-refractivity contribution in [1.82, 2.24) is 20.3 Å². The maximum atomic E-state index is 12.1. The van der Waals surface area contributed by atoms with E-state index in [1.54, 1.807) is 12.3 Å². The number of aryl methyl sites for hydroxylation is 1. The maximum Gasteiger partial charge on any atom is 0.220 e. The van der Waals surface area contributed by atoms with Crippen LogP contribution in [0.2, 0.25) is 5.15 Å². The number of pyridine rings is 1. The van der Waals surface area contributed by atoms with Gasteiger partial charge in [-0.2, -0.15) is 0 Å². The molecule has 0 radical (unpaired) electrons. The van der Waals surface area contributed by atoms with Crippen LogP contribution in [-0.4, -0.2) is 20.9 Å². The Balaban J connectivity index is 1.31. The van der Waals surface area contributed by atoms with Crippen molar-refractivity contribution in [1.29, 1.82) is 0 Å². The highest BCUT2D eigenvalue weighted by Crippen LogP contribution is 2.20. The van der Waals surface area contributed by atoms with E-state index in [1.807, 2.05) is 54.6 Å². The van der Waals surface area contributed by atoms with Gasteiger partial charge in [-0.3, -0.25) is 4.79 Å². The van der Waals surface area contributed by atoms with Crippen LogP contribution in [0, 0.1) is 0 Å². The molecule has 2 heterocycles. The molecular weight excluding hydrogens is 372 g/mol. The summed E-state index contributed by atoms with van der Waals surface area (Å²) in [6, 6.07) is 19.6. The van der Waals surface area contributed by atoms with Gasteiger partial charge in [0.25, 0.3) is 0 Å². The molecule has 0 fully saturated rings. The molecule has 4 aromatic rings. The summed E-state index contributed by atoms with van der Waals surface area (Å²) in [6.07, 6.45) is 2.76. The average Bonchev–Trinajstić information content (AvgIpc) is 3.16. The molecule has 2 aromatic carbocycles. The van der Waals surface area contributed by atoms with Crippen LogP contribution in [0.1, 0.15) is 17.5 Å². The van der Waals surface area contributed by atoms with Gasteiger partial charge in [-0.05, 0) is 35.7 Å². The highest BCUT2D eigenvalue weighted by molar-refractivity contribution is 6.29. The van der Waals surface area contributed by atoms with Gasteiger partial charge in [0.05, 0.1) is 11.0 Å². The van der Waals surface area contributed by atoms with Crippen LogP contribution in [-0.2, 0) is 17.8 Å². The smallest absolute Gasteiger partial charge is 0.220 e. The number of hydrogen-bond donors (Lipinski definition) is 2. The van der Waals surface area contributed by atoms with Crippen molar-refractivity contribution in [2.45, 2.75) is 19.4 Å². The summed E-state index contributed by atoms with van der Waals surface area (Å²) in [4.78, 5) is 24.0. The number of amides is 1. The lowest BCUT2D eigenvalue weighted by Gasteiger charge is -2.06. The zero-order valence-electron chi connectivity index (χ0n) is 15.2. The molecule has 0 saturated heterocycles. The Labute approximate surface area is 167 Å². The number of nitrogens with one attached hydrogen (secondary N) is 2. The molecule has 0 atom stereocenters. The fourth-order valence-corrected chi connectivity index (χ4v) is 3.08. The lowest BCUT2D eigenvalue weighted by molar-refractivity contribution is -0.121. The van der Waals surface area contributed by atoms with Gasteiger partial charge in [-0.25, -0.2) is 9.97 Å². The summed E-state index contributed by atoms with van der Waals surface area (Å²) in [6.45, 7) is 0.498. The first-order valence-electron chi connectivity index (χ1n) is 9.08. The number of carbonyl (C=O) groups is 1. The maximum absolute atomic E-state index is 12.1. The Morgan fingerprint density at radius 1 is 1.00 bits per heavy atom. The minimum Gasteiger partial charge on any atom is -0.352 e. The summed E-state index contributed by atoms with van der Waals surface area (Å²) in [5.74, 6) is 0.852. The molecule has 2 N–H and O–H groups in total. The van der Waals surface area contributed by atoms with Gasteiger partial charge in [0.2, 0.25) is 5.91 Å². The Morgan fingerprint density at radius 3 is 2.54 bits per heavy atom. The van der Waals surface area contributed by atoms with Gasteiger partial charge in [-0.1, -0.05) is 54.1 Å². The zero-order valence-corrected chi connectivity index (χ0v) is 15.9. The van der Waals surface area contributed by atoms with Gasteiger partial charge < -0.3 is 10.3 Å². The molecular formula is C22H19ClN4O. The van der Waals surface area contributed by atoms with Gasteiger partial charge in [0, 0.05) is 24.7 Å². The molecule has 1 amide bonds. The predicted octanol–water partition coefficient (Wildman–Crippen LogP) is 4.53. The van der Waals surface area contributed by atoms with Gasteiger partial charge in [0.1, 0.15) is 11.0 Å². The monoisotopic (exact) mass is 390 g/mol. The Bertz CT molecular complexity index is 1050. The van der Waals surface area contributed by atoms with Gasteiger partial charge >= 0.3 is 0 Å². The molecule has 6 heteroatoms. The molecule has 0 spiro atoms. The number of aromatic nitrogens is 3. The number of aromatic amines is 1. The van der Waals surface area contributed by atoms with Crippen LogP contribution in [0.15, 0.2) is 66.9 Å². The zero-order chi connectivity index (χ0) is 19.3. The molecule has 0 aliphatic carbocycles. The number of imidazole rings is 1. The molecule has 0 bridgehead atoms. The first kappa shape index (κ1) is 18.2. The minimum atomic E-state index is 0.0105. The van der Waals surface area contributed by atoms with Crippen molar-refractivity contribution < 1.29 is 4.79 Å². The van der Waals surface area contributed by atoms with Gasteiger partial charge in [0.15, 0.2) is 0 Å². The summed E-state index contributed by atoms with van der Waals surface area (Å²) in [5.41, 5.74) is 5.02. The average molecular weight is 391 g/mol. The Morgan fingerprint density at radius 2 is 1.79 bits per heavy atom. The van der Waals surface area contributed by atoms with E-state index in [-0.39, 0.29) is 5.91 Å². The second kappa shape index (κ2) is 8.23. The number of hydrogen-bond acceptors (Lipinski definition) is 3. The number of H-pyrrole nitrogens is 1. The van der Waals surface area contributed by atoms with E-state index >= 15 is 0 Å². The number of benzene rings is 2. The van der Waals surface area contributed by atoms with E-state index in [9.17, 15) is 4.79 Å². The molecule has 0 aliphatic heterocycles. The Hall–Kier alpha value is -3.18. The molecule has 140 valence electrons. The van der Waals surface area contributed by atoms with Crippen LogP contribution in [0.25, 0.3) is 22.4 Å². The molecule has 0 saturated carbocycles. The van der Waals surface area contributed by atoms with Crippen molar-refractivity contribution in [2.24, 2.45) is 0 Å². The van der Waals surface area contributed by atoms with Crippen molar-refractivity contribution in [3.05, 3.63) is 83.1 Å². The predicted molar refractivity (Wildman–Crippen MR) is 111 cm³/mol. The molecule has 0 unspecified atom stereocenters. The lowest BCUT2D eigenvalue weighted by Crippen LogP contribution is -2.22. The Kier molecular flexibility index (Phi) is 5.35. The quantitative estimate of drug-likeness (QED) is 0.475. The first-order chi connectivity index (χ1) is 13.7. The largest absolute Gasteiger partial charge is 0.352 e. The third-order valence-corrected chi connectivity index (χ3v) is 4.76. The number of para-hydroxylation sites is 2. The highest BCUT2D eigenvalue weighted by atomic mass is 35.5. The van der Waals surface area contributed by atoms with Crippen LogP contribution in [0.3, 0.4) is 0 Å². The van der Waals surface area contributed by atoms with Crippen molar-refractivity contribution in [2.75, 3.05) is 0 Å². The van der Waals surface area contributed by atoms with Crippen LogP contribution < -0.4 is 5.32 Å². The first-order valence-corrected chi connectivity index (χ1v) is 9.46. The van der Waals surface area contributed by atoms with E-state index in [2.05, 4.69) is 20.3 Å². The molecule has 2 aromatic heterocycles. The number of halogens is 1. The summed E-state index contributed by atoms with van der Waals surface area (Å²) >= 11 is 5.77. The SMILES string of the molecule is O=C(CCc1ccc(Cl)nc1)NCc1ccc(-c2nc3ccccc3[nH]2)cc1. The molecule has 28 heavy (non-hydrogen) atoms. The van der Waals surface area contributed by atoms with Crippen LogP contribution >= 0.6 is 11.6 Å². The van der Waals surface area contributed by atoms with Crippen molar-refractivity contribution in [3.63, 3.8) is 0 Å². The van der Waals surface area contributed by atoms with E-state index in [4.69, 9.17) is 11.6 Å². The van der Waals surface area contributed by atoms with E-state index in [0.29, 0.717) is 24.5 Å². The molecule has 0 aliphatic rings. The highest BCUT2D eigenvalue weighted by Gasteiger charge is 2.06. The van der Waals surface area contributed by atoms with Crippen LogP contribution in [0.4, 0.5) is 0 Å². The van der Waals surface area contributed by atoms with E-state index in [1.165, 1.54) is 0 Å². The fraction of sp³-hybridized carbons (Fsp3) is 0.136. The standard InChI is InChI=1S/C22H19ClN4O/c23-20-11-7-16(13-24-20)8-12-21(28)25-14-15-5-9-17(10-6-15)22-26-18-3-1-2-4-19(18)27-22/h1-7,9-11,13H,8,12,14H2,(H,25,28)(H,26,27). The van der Waals surface area contributed by atoms with Crippen molar-refractivity contribution >= 4 is 28.5 Å². The molecule has 5 nitrogen and oxygen atoms in total.